The Morgan fingerprint density at radius 3 is 2.32 bits per heavy atom. The normalized spacial score (nSPS) is 10.6. The molecule has 2 aromatic rings. The molecule has 2 rings (SSSR count). The van der Waals surface area contributed by atoms with Crippen molar-refractivity contribution in [3.8, 4) is 0 Å². The van der Waals surface area contributed by atoms with Gasteiger partial charge in [0.15, 0.2) is 0 Å². The van der Waals surface area contributed by atoms with Crippen LogP contribution in [0.2, 0.25) is 0 Å². The van der Waals surface area contributed by atoms with Gasteiger partial charge in [-0.3, -0.25) is 0 Å². The molecule has 0 radical (unpaired) electrons. The first-order valence-electron chi connectivity index (χ1n) is 8.42. The summed E-state index contributed by atoms with van der Waals surface area (Å²) in [5.74, 6) is 0. The van der Waals surface area contributed by atoms with E-state index in [1.54, 1.807) is 0 Å². The van der Waals surface area contributed by atoms with Crippen molar-refractivity contribution in [3.05, 3.63) is 48.0 Å². The van der Waals surface area contributed by atoms with Crippen LogP contribution in [-0.2, 0) is 6.54 Å². The fourth-order valence-corrected chi connectivity index (χ4v) is 2.76. The van der Waals surface area contributed by atoms with Crippen LogP contribution in [0.25, 0.3) is 0 Å². The van der Waals surface area contributed by atoms with Gasteiger partial charge in [0.1, 0.15) is 0 Å². The van der Waals surface area contributed by atoms with Crippen molar-refractivity contribution in [2.45, 2.75) is 6.54 Å². The summed E-state index contributed by atoms with van der Waals surface area (Å²) < 4.78 is 0. The minimum atomic E-state index is 0.0359. The van der Waals surface area contributed by atoms with Crippen molar-refractivity contribution in [1.82, 2.24) is 0 Å². The van der Waals surface area contributed by atoms with E-state index in [1.807, 2.05) is 55.4 Å². The molecule has 0 spiro atoms. The lowest BCUT2D eigenvalue weighted by Crippen LogP contribution is -2.29. The van der Waals surface area contributed by atoms with Crippen molar-refractivity contribution in [1.29, 1.82) is 0 Å². The summed E-state index contributed by atoms with van der Waals surface area (Å²) in [6, 6.07) is 13.9. The molecule has 0 aliphatic heterocycles. The highest BCUT2D eigenvalue weighted by Crippen LogP contribution is 2.26. The van der Waals surface area contributed by atoms with Crippen molar-refractivity contribution < 1.29 is 10.2 Å². The van der Waals surface area contributed by atoms with E-state index < -0.39 is 0 Å². The van der Waals surface area contributed by atoms with Crippen molar-refractivity contribution in [2.24, 2.45) is 0 Å². The van der Waals surface area contributed by atoms with Crippen LogP contribution in [0, 0.1) is 0 Å². The summed E-state index contributed by atoms with van der Waals surface area (Å²) in [4.78, 5) is 4.00. The Kier molecular flexibility index (Phi) is 6.91. The highest BCUT2D eigenvalue weighted by Gasteiger charge is 2.09. The van der Waals surface area contributed by atoms with Crippen molar-refractivity contribution in [2.75, 3.05) is 61.2 Å². The number of hydrogen-bond acceptors (Lipinski definition) is 6. The summed E-state index contributed by atoms with van der Waals surface area (Å²) in [5.41, 5.74) is 10.9. The summed E-state index contributed by atoms with van der Waals surface area (Å²) in [6.07, 6.45) is 0. The van der Waals surface area contributed by atoms with E-state index in [9.17, 15) is 10.2 Å². The van der Waals surface area contributed by atoms with Crippen molar-refractivity contribution in [3.63, 3.8) is 0 Å². The number of nitrogens with zero attached hydrogens (tertiary/aromatic N) is 2. The van der Waals surface area contributed by atoms with E-state index in [2.05, 4.69) is 16.3 Å². The molecule has 0 heterocycles. The van der Waals surface area contributed by atoms with Crippen LogP contribution in [0.4, 0.5) is 22.7 Å². The molecule has 6 heteroatoms. The van der Waals surface area contributed by atoms with E-state index in [1.165, 1.54) is 0 Å². The largest absolute Gasteiger partial charge is 0.398 e. The second-order valence-electron chi connectivity index (χ2n) is 6.08. The number of anilines is 4. The number of aliphatic hydroxyl groups is 2. The monoisotopic (exact) mass is 344 g/mol. The van der Waals surface area contributed by atoms with E-state index in [0.717, 1.165) is 22.6 Å². The summed E-state index contributed by atoms with van der Waals surface area (Å²) in [7, 11) is 4.02. The number of para-hydroxylation sites is 2. The standard InChI is InChI=1S/C19H28N4O2/c1-22(2)19-6-4-3-5-18(19)21-14-15-13-16(7-8-17(15)20)23(9-11-24)10-12-25/h3-8,13,21,24-25H,9-12,14,20H2,1-2H3. The molecule has 0 saturated heterocycles. The van der Waals surface area contributed by atoms with Gasteiger partial charge in [0.25, 0.3) is 0 Å². The van der Waals surface area contributed by atoms with Crippen LogP contribution >= 0.6 is 0 Å². The smallest absolute Gasteiger partial charge is 0.0606 e. The molecule has 5 N–H and O–H groups in total. The maximum absolute atomic E-state index is 9.22. The molecular weight excluding hydrogens is 316 g/mol. The van der Waals surface area contributed by atoms with Crippen LogP contribution in [0.1, 0.15) is 5.56 Å². The van der Waals surface area contributed by atoms with Crippen LogP contribution in [0.15, 0.2) is 42.5 Å². The highest BCUT2D eigenvalue weighted by molar-refractivity contribution is 5.70. The molecule has 6 nitrogen and oxygen atoms in total. The lowest BCUT2D eigenvalue weighted by molar-refractivity contribution is 0.281. The molecule has 0 aliphatic rings. The van der Waals surface area contributed by atoms with E-state index in [0.29, 0.717) is 25.3 Å². The third kappa shape index (κ3) is 5.01. The zero-order valence-corrected chi connectivity index (χ0v) is 14.9. The average molecular weight is 344 g/mol. The summed E-state index contributed by atoms with van der Waals surface area (Å²) in [5, 5.41) is 21.9. The molecule has 0 unspecified atom stereocenters. The fraction of sp³-hybridized carbons (Fsp3) is 0.368. The van der Waals surface area contributed by atoms with Gasteiger partial charge < -0.3 is 31.1 Å². The lowest BCUT2D eigenvalue weighted by atomic mass is 10.1. The van der Waals surface area contributed by atoms with Crippen molar-refractivity contribution >= 4 is 22.7 Å². The van der Waals surface area contributed by atoms with Gasteiger partial charge in [-0.1, -0.05) is 12.1 Å². The van der Waals surface area contributed by atoms with E-state index in [4.69, 9.17) is 5.73 Å². The molecule has 136 valence electrons. The third-order valence-electron chi connectivity index (χ3n) is 4.09. The van der Waals surface area contributed by atoms with E-state index in [-0.39, 0.29) is 13.2 Å². The summed E-state index contributed by atoms with van der Waals surface area (Å²) in [6.45, 7) is 1.61. The molecule has 0 aromatic heterocycles. The molecule has 25 heavy (non-hydrogen) atoms. The van der Waals surface area contributed by atoms with Gasteiger partial charge in [-0.25, -0.2) is 0 Å². The Labute approximate surface area is 149 Å². The third-order valence-corrected chi connectivity index (χ3v) is 4.09. The number of nitrogen functional groups attached to an aromatic ring is 1. The highest BCUT2D eigenvalue weighted by atomic mass is 16.3. The van der Waals surface area contributed by atoms with Crippen LogP contribution in [0.5, 0.6) is 0 Å². The quantitative estimate of drug-likeness (QED) is 0.519. The van der Waals surface area contributed by atoms with Gasteiger partial charge in [0.2, 0.25) is 0 Å². The zero-order valence-electron chi connectivity index (χ0n) is 14.9. The van der Waals surface area contributed by atoms with Gasteiger partial charge >= 0.3 is 0 Å². The number of hydrogen-bond donors (Lipinski definition) is 4. The van der Waals surface area contributed by atoms with Gasteiger partial charge in [0.05, 0.1) is 24.6 Å². The minimum absolute atomic E-state index is 0.0359. The Balaban J connectivity index is 2.18. The van der Waals surface area contributed by atoms with Crippen LogP contribution in [0.3, 0.4) is 0 Å². The minimum Gasteiger partial charge on any atom is -0.398 e. The molecule has 0 amide bonds. The molecule has 0 aliphatic carbocycles. The number of rotatable bonds is 9. The summed E-state index contributed by atoms with van der Waals surface area (Å²) >= 11 is 0. The number of benzene rings is 2. The Hall–Kier alpha value is -2.44. The Morgan fingerprint density at radius 1 is 1.00 bits per heavy atom. The molecule has 0 bridgehead atoms. The second kappa shape index (κ2) is 9.15. The average Bonchev–Trinajstić information content (AvgIpc) is 2.61. The Bertz CT molecular complexity index is 670. The number of aliphatic hydroxyl groups excluding tert-OH is 2. The maximum atomic E-state index is 9.22. The predicted molar refractivity (Wildman–Crippen MR) is 105 cm³/mol. The predicted octanol–water partition coefficient (Wildman–Crippen LogP) is 1.74. The van der Waals surface area contributed by atoms with E-state index >= 15 is 0 Å². The Morgan fingerprint density at radius 2 is 1.68 bits per heavy atom. The number of nitrogens with one attached hydrogen (secondary N) is 1. The first-order valence-corrected chi connectivity index (χ1v) is 8.42. The van der Waals surface area contributed by atoms with Gasteiger partial charge in [-0.2, -0.15) is 0 Å². The fourth-order valence-electron chi connectivity index (χ4n) is 2.76. The zero-order chi connectivity index (χ0) is 18.2. The first kappa shape index (κ1) is 18.9. The SMILES string of the molecule is CN(C)c1ccccc1NCc1cc(N(CCO)CCO)ccc1N. The van der Waals surface area contributed by atoms with Gasteiger partial charge in [-0.05, 0) is 35.9 Å². The van der Waals surface area contributed by atoms with Crippen LogP contribution in [-0.4, -0.2) is 50.6 Å². The molecule has 2 aromatic carbocycles. The first-order chi connectivity index (χ1) is 12.1. The van der Waals surface area contributed by atoms with Gasteiger partial charge in [0, 0.05) is 45.1 Å². The maximum Gasteiger partial charge on any atom is 0.0606 e. The van der Waals surface area contributed by atoms with Gasteiger partial charge in [-0.15, -0.1) is 0 Å². The van der Waals surface area contributed by atoms with Crippen LogP contribution < -0.4 is 20.9 Å². The molecule has 0 saturated carbocycles. The molecule has 0 atom stereocenters. The lowest BCUT2D eigenvalue weighted by Gasteiger charge is -2.24. The number of nitrogens with two attached hydrogens (primary N) is 1. The topological polar surface area (TPSA) is 85.0 Å². The molecular formula is C19H28N4O2. The second-order valence-corrected chi connectivity index (χ2v) is 6.08. The molecule has 0 fully saturated rings.